The number of rotatable bonds is 6. The average Bonchev–Trinajstić information content (AvgIpc) is 2.26. The van der Waals surface area contributed by atoms with E-state index in [1.54, 1.807) is 0 Å². The number of phosphoric acid groups is 1. The minimum absolute atomic E-state index is 0.382. The molecule has 0 aliphatic carbocycles. The fourth-order valence-corrected chi connectivity index (χ4v) is 2.50. The summed E-state index contributed by atoms with van der Waals surface area (Å²) in [5.41, 5.74) is 2.79. The van der Waals surface area contributed by atoms with Gasteiger partial charge in [0.15, 0.2) is 0 Å². The summed E-state index contributed by atoms with van der Waals surface area (Å²) in [6, 6.07) is 3.88. The molecule has 1 aromatic rings. The molecule has 2 N–H and O–H groups in total. The third-order valence-electron chi connectivity index (χ3n) is 2.81. The van der Waals surface area contributed by atoms with Gasteiger partial charge in [-0.15, -0.1) is 0 Å². The maximum Gasteiger partial charge on any atom is 0.524 e. The molecule has 0 radical (unpaired) electrons. The van der Waals surface area contributed by atoms with E-state index in [0.717, 1.165) is 42.4 Å². The molecule has 1 aromatic carbocycles. The highest BCUT2D eigenvalue weighted by Crippen LogP contribution is 2.42. The van der Waals surface area contributed by atoms with Gasteiger partial charge in [-0.2, -0.15) is 0 Å². The Morgan fingerprint density at radius 3 is 2.28 bits per heavy atom. The molecular weight excluding hydrogens is 251 g/mol. The van der Waals surface area contributed by atoms with Crippen molar-refractivity contribution in [2.75, 3.05) is 0 Å². The van der Waals surface area contributed by atoms with Gasteiger partial charge in [-0.25, -0.2) is 4.57 Å². The van der Waals surface area contributed by atoms with Crippen LogP contribution in [0.25, 0.3) is 0 Å². The van der Waals surface area contributed by atoms with Crippen LogP contribution in [0.4, 0.5) is 0 Å². The Bertz CT molecular complexity index is 451. The first-order chi connectivity index (χ1) is 8.39. The van der Waals surface area contributed by atoms with E-state index in [1.807, 2.05) is 32.9 Å². The van der Waals surface area contributed by atoms with Crippen LogP contribution >= 0.6 is 7.82 Å². The maximum atomic E-state index is 11.1. The zero-order chi connectivity index (χ0) is 13.8. The molecule has 5 heteroatoms. The zero-order valence-electron chi connectivity index (χ0n) is 11.1. The second-order valence-electron chi connectivity index (χ2n) is 4.43. The quantitative estimate of drug-likeness (QED) is 0.779. The van der Waals surface area contributed by atoms with Crippen molar-refractivity contribution in [3.05, 3.63) is 28.8 Å². The monoisotopic (exact) mass is 272 g/mol. The van der Waals surface area contributed by atoms with Crippen molar-refractivity contribution in [2.24, 2.45) is 0 Å². The Hall–Kier alpha value is -0.830. The van der Waals surface area contributed by atoms with Gasteiger partial charge in [0, 0.05) is 0 Å². The lowest BCUT2D eigenvalue weighted by Gasteiger charge is -2.17. The third-order valence-corrected chi connectivity index (χ3v) is 3.23. The lowest BCUT2D eigenvalue weighted by molar-refractivity contribution is 0.281. The third kappa shape index (κ3) is 4.13. The van der Waals surface area contributed by atoms with Crippen LogP contribution in [0.3, 0.4) is 0 Å². The van der Waals surface area contributed by atoms with Crippen LogP contribution in [0.1, 0.15) is 43.4 Å². The first-order valence-electron chi connectivity index (χ1n) is 6.25. The summed E-state index contributed by atoms with van der Waals surface area (Å²) in [5, 5.41) is 0. The molecule has 102 valence electrons. The molecule has 0 aliphatic rings. The van der Waals surface area contributed by atoms with Gasteiger partial charge in [-0.3, -0.25) is 9.79 Å². The molecule has 0 aromatic heterocycles. The second kappa shape index (κ2) is 6.37. The van der Waals surface area contributed by atoms with Gasteiger partial charge in [-0.05, 0) is 36.5 Å². The summed E-state index contributed by atoms with van der Waals surface area (Å²) in [6.07, 6.45) is 3.34. The number of hydrogen-bond donors (Lipinski definition) is 2. The Balaban J connectivity index is 3.28. The highest BCUT2D eigenvalue weighted by molar-refractivity contribution is 7.46. The summed E-state index contributed by atoms with van der Waals surface area (Å²) in [5.74, 6) is 0.382. The van der Waals surface area contributed by atoms with Crippen molar-refractivity contribution in [3.8, 4) is 5.75 Å². The van der Waals surface area contributed by atoms with Crippen LogP contribution in [0.2, 0.25) is 0 Å². The zero-order valence-corrected chi connectivity index (χ0v) is 12.0. The molecule has 0 atom stereocenters. The predicted molar refractivity (Wildman–Crippen MR) is 71.8 cm³/mol. The molecule has 1 rings (SSSR count). The van der Waals surface area contributed by atoms with Crippen molar-refractivity contribution in [1.29, 1.82) is 0 Å². The van der Waals surface area contributed by atoms with E-state index < -0.39 is 7.82 Å². The van der Waals surface area contributed by atoms with E-state index in [0.29, 0.717) is 5.75 Å². The highest BCUT2D eigenvalue weighted by Gasteiger charge is 2.21. The highest BCUT2D eigenvalue weighted by atomic mass is 31.2. The lowest BCUT2D eigenvalue weighted by Crippen LogP contribution is -2.02. The molecular formula is C13H21O4P. The molecule has 0 unspecified atom stereocenters. The number of benzene rings is 1. The van der Waals surface area contributed by atoms with Crippen LogP contribution < -0.4 is 4.52 Å². The van der Waals surface area contributed by atoms with Gasteiger partial charge in [0.1, 0.15) is 5.75 Å². The van der Waals surface area contributed by atoms with E-state index in [4.69, 9.17) is 14.3 Å². The fourth-order valence-electron chi connectivity index (χ4n) is 2.03. The van der Waals surface area contributed by atoms with Crippen LogP contribution in [0, 0.1) is 6.92 Å². The van der Waals surface area contributed by atoms with E-state index in [2.05, 4.69) is 0 Å². The molecule has 0 amide bonds. The van der Waals surface area contributed by atoms with Gasteiger partial charge < -0.3 is 4.52 Å². The standard InChI is InChI=1S/C13H21O4P/c1-4-6-11-9-8-10(3)12(7-5-2)13(11)17-18(14,15)16/h8-9H,4-7H2,1-3H3,(H2,14,15,16). The second-order valence-corrected chi connectivity index (χ2v) is 5.59. The molecule has 0 fully saturated rings. The normalized spacial score (nSPS) is 11.6. The molecule has 0 saturated carbocycles. The Morgan fingerprint density at radius 1 is 1.17 bits per heavy atom. The summed E-state index contributed by atoms with van der Waals surface area (Å²) < 4.78 is 16.0. The van der Waals surface area contributed by atoms with Crippen LogP contribution in [-0.2, 0) is 17.4 Å². The minimum atomic E-state index is -4.51. The lowest BCUT2D eigenvalue weighted by atomic mass is 9.97. The topological polar surface area (TPSA) is 66.8 Å². The smallest absolute Gasteiger partial charge is 0.404 e. The number of phosphoric ester groups is 1. The van der Waals surface area contributed by atoms with Crippen molar-refractivity contribution < 1.29 is 18.9 Å². The summed E-state index contributed by atoms with van der Waals surface area (Å²) in [4.78, 5) is 18.1. The molecule has 0 saturated heterocycles. The van der Waals surface area contributed by atoms with Crippen molar-refractivity contribution >= 4 is 7.82 Å². The largest absolute Gasteiger partial charge is 0.524 e. The Kier molecular flexibility index (Phi) is 5.39. The molecule has 0 bridgehead atoms. The molecule has 0 spiro atoms. The minimum Gasteiger partial charge on any atom is -0.404 e. The van der Waals surface area contributed by atoms with Crippen LogP contribution in [0.5, 0.6) is 5.75 Å². The Morgan fingerprint density at radius 2 is 1.78 bits per heavy atom. The van der Waals surface area contributed by atoms with Gasteiger partial charge in [0.2, 0.25) is 0 Å². The van der Waals surface area contributed by atoms with E-state index in [-0.39, 0.29) is 0 Å². The number of hydrogen-bond acceptors (Lipinski definition) is 2. The van der Waals surface area contributed by atoms with Crippen molar-refractivity contribution in [3.63, 3.8) is 0 Å². The predicted octanol–water partition coefficient (Wildman–Crippen LogP) is 3.37. The first kappa shape index (κ1) is 15.2. The van der Waals surface area contributed by atoms with Gasteiger partial charge in [0.25, 0.3) is 0 Å². The summed E-state index contributed by atoms with van der Waals surface area (Å²) in [6.45, 7) is 6.00. The maximum absolute atomic E-state index is 11.1. The van der Waals surface area contributed by atoms with Gasteiger partial charge in [-0.1, -0.05) is 38.8 Å². The summed E-state index contributed by atoms with van der Waals surface area (Å²) >= 11 is 0. The van der Waals surface area contributed by atoms with E-state index in [1.165, 1.54) is 0 Å². The van der Waals surface area contributed by atoms with Crippen LogP contribution in [0.15, 0.2) is 12.1 Å². The SMILES string of the molecule is CCCc1ccc(C)c(CCC)c1OP(=O)(O)O. The molecule has 0 aliphatic heterocycles. The van der Waals surface area contributed by atoms with Crippen molar-refractivity contribution in [1.82, 2.24) is 0 Å². The molecule has 0 heterocycles. The van der Waals surface area contributed by atoms with Crippen LogP contribution in [-0.4, -0.2) is 9.79 Å². The number of aryl methyl sites for hydroxylation is 2. The summed E-state index contributed by atoms with van der Waals surface area (Å²) in [7, 11) is -4.51. The van der Waals surface area contributed by atoms with Gasteiger partial charge >= 0.3 is 7.82 Å². The van der Waals surface area contributed by atoms with E-state index in [9.17, 15) is 4.57 Å². The fraction of sp³-hybridized carbons (Fsp3) is 0.538. The first-order valence-corrected chi connectivity index (χ1v) is 7.78. The van der Waals surface area contributed by atoms with Gasteiger partial charge in [0.05, 0.1) is 0 Å². The molecule has 4 nitrogen and oxygen atoms in total. The Labute approximate surface area is 108 Å². The molecule has 18 heavy (non-hydrogen) atoms. The van der Waals surface area contributed by atoms with E-state index >= 15 is 0 Å². The average molecular weight is 272 g/mol. The van der Waals surface area contributed by atoms with Crippen molar-refractivity contribution in [2.45, 2.75) is 46.5 Å².